The van der Waals surface area contributed by atoms with E-state index in [1.807, 2.05) is 0 Å². The van der Waals surface area contributed by atoms with Gasteiger partial charge in [0.15, 0.2) is 0 Å². The van der Waals surface area contributed by atoms with E-state index in [9.17, 15) is 0 Å². The minimum absolute atomic E-state index is 0.336. The van der Waals surface area contributed by atoms with E-state index in [1.165, 1.54) is 90.9 Å². The Morgan fingerprint density at radius 3 is 2.15 bits per heavy atom. The Labute approximate surface area is 326 Å². The van der Waals surface area contributed by atoms with Crippen LogP contribution in [0.3, 0.4) is 0 Å². The first kappa shape index (κ1) is 44.0. The summed E-state index contributed by atoms with van der Waals surface area (Å²) >= 11 is 0. The van der Waals surface area contributed by atoms with Gasteiger partial charge in [0.1, 0.15) is 0 Å². The maximum atomic E-state index is 5.95. The van der Waals surface area contributed by atoms with Crippen LogP contribution in [-0.2, 0) is 17.7 Å². The van der Waals surface area contributed by atoms with Gasteiger partial charge in [0.05, 0.1) is 6.61 Å². The molecule has 0 aromatic heterocycles. The summed E-state index contributed by atoms with van der Waals surface area (Å²) in [5.74, 6) is 0. The molecule has 3 rings (SSSR count). The summed E-state index contributed by atoms with van der Waals surface area (Å²) in [6.07, 6.45) is 25.8. The molecule has 2 aliphatic rings. The number of likely N-dealkylation sites (N-methyl/N-ethyl adjacent to an activating group) is 1. The summed E-state index contributed by atoms with van der Waals surface area (Å²) in [6.45, 7) is 30.2. The first-order valence-corrected chi connectivity index (χ1v) is 20.9. The van der Waals surface area contributed by atoms with E-state index in [1.54, 1.807) is 5.57 Å². The molecular weight excluding hydrogens is 649 g/mol. The molecule has 53 heavy (non-hydrogen) atoms. The Morgan fingerprint density at radius 1 is 0.774 bits per heavy atom. The predicted molar refractivity (Wildman–Crippen MR) is 230 cm³/mol. The summed E-state index contributed by atoms with van der Waals surface area (Å²) in [4.78, 5) is 7.07. The van der Waals surface area contributed by atoms with Gasteiger partial charge in [0.2, 0.25) is 0 Å². The van der Waals surface area contributed by atoms with Crippen LogP contribution in [0.4, 0.5) is 0 Å². The number of allylic oxidation sites excluding steroid dienone is 5. The van der Waals surface area contributed by atoms with Crippen molar-refractivity contribution in [1.29, 1.82) is 0 Å². The average molecular weight is 725 g/mol. The molecule has 1 aliphatic heterocycles. The van der Waals surface area contributed by atoms with Crippen LogP contribution in [0.1, 0.15) is 134 Å². The van der Waals surface area contributed by atoms with Crippen molar-refractivity contribution in [1.82, 2.24) is 20.0 Å². The molecule has 1 N–H and O–H groups in total. The van der Waals surface area contributed by atoms with Crippen molar-refractivity contribution in [3.63, 3.8) is 0 Å². The molecule has 0 spiro atoms. The second-order valence-electron chi connectivity index (χ2n) is 15.7. The molecule has 5 nitrogen and oxygen atoms in total. The van der Waals surface area contributed by atoms with E-state index in [0.29, 0.717) is 6.04 Å². The normalized spacial score (nSPS) is 14.5. The summed E-state index contributed by atoms with van der Waals surface area (Å²) < 4.78 is 5.95. The fraction of sp³-hybridized carbons (Fsp3) is 0.583. The molecule has 1 unspecified atom stereocenters. The Kier molecular flexibility index (Phi) is 20.6. The van der Waals surface area contributed by atoms with E-state index in [-0.39, 0.29) is 0 Å². The van der Waals surface area contributed by atoms with Gasteiger partial charge in [-0.2, -0.15) is 0 Å². The van der Waals surface area contributed by atoms with Crippen LogP contribution >= 0.6 is 0 Å². The molecule has 294 valence electrons. The van der Waals surface area contributed by atoms with Crippen molar-refractivity contribution in [2.45, 2.75) is 142 Å². The maximum absolute atomic E-state index is 5.95. The second-order valence-corrected chi connectivity index (χ2v) is 15.7. The Hall–Kier alpha value is -3.44. The lowest BCUT2D eigenvalue weighted by Crippen LogP contribution is -2.28. The minimum atomic E-state index is 0.336. The smallest absolute Gasteiger partial charge is 0.0520 e. The van der Waals surface area contributed by atoms with Gasteiger partial charge in [-0.3, -0.25) is 0 Å². The van der Waals surface area contributed by atoms with Crippen LogP contribution in [0.2, 0.25) is 0 Å². The van der Waals surface area contributed by atoms with Gasteiger partial charge in [-0.15, -0.1) is 0 Å². The van der Waals surface area contributed by atoms with Gasteiger partial charge in [-0.25, -0.2) is 0 Å². The molecule has 1 aliphatic carbocycles. The van der Waals surface area contributed by atoms with Gasteiger partial charge in [-0.05, 0) is 94.4 Å². The highest BCUT2D eigenvalue weighted by molar-refractivity contribution is 5.37. The summed E-state index contributed by atoms with van der Waals surface area (Å²) in [6, 6.07) is 9.25. The van der Waals surface area contributed by atoms with E-state index < -0.39 is 0 Å². The number of hydrogen-bond acceptors (Lipinski definition) is 5. The fourth-order valence-corrected chi connectivity index (χ4v) is 7.33. The quantitative estimate of drug-likeness (QED) is 0.0687. The highest BCUT2D eigenvalue weighted by Crippen LogP contribution is 2.33. The van der Waals surface area contributed by atoms with Crippen LogP contribution in [0.15, 0.2) is 109 Å². The molecule has 1 aromatic carbocycles. The first-order chi connectivity index (χ1) is 25.6. The van der Waals surface area contributed by atoms with Crippen LogP contribution < -0.4 is 5.32 Å². The second kappa shape index (κ2) is 24.8. The van der Waals surface area contributed by atoms with Crippen LogP contribution in [0.5, 0.6) is 0 Å². The molecule has 1 atom stereocenters. The topological polar surface area (TPSA) is 31.0 Å². The standard InChI is InChI=1S/C48H76N4O/c1-39(2)44(7)51(9)42(5)25-23-24-41(4)50(8)35-21-15-13-11-10-12-14-16-22-36-53-37-33-40(3)49-34-32-43(6)52-38-47-28-18-17-26-45(47)30-31-46-27-19-20-29-48(46)52/h17-18,20,26,28-29,44,49H,1,3-6,10-16,19,21-25,27,30-38H2,2,7-9H3. The first-order valence-electron chi connectivity index (χ1n) is 20.9. The molecule has 0 amide bonds. The molecule has 0 bridgehead atoms. The third-order valence-electron chi connectivity index (χ3n) is 11.4. The lowest BCUT2D eigenvalue weighted by Gasteiger charge is -2.34. The molecule has 0 radical (unpaired) electrons. The Bertz CT molecular complexity index is 1390. The number of nitrogens with zero attached hydrogens (tertiary/aromatic N) is 3. The van der Waals surface area contributed by atoms with E-state index in [4.69, 9.17) is 4.74 Å². The molecule has 5 heteroatoms. The highest BCUT2D eigenvalue weighted by atomic mass is 16.5. The lowest BCUT2D eigenvalue weighted by atomic mass is 9.90. The molecule has 1 heterocycles. The van der Waals surface area contributed by atoms with Crippen molar-refractivity contribution in [2.24, 2.45) is 0 Å². The molecular formula is C48H76N4O. The zero-order valence-corrected chi connectivity index (χ0v) is 34.6. The summed E-state index contributed by atoms with van der Waals surface area (Å²) in [7, 11) is 4.32. The largest absolute Gasteiger partial charge is 0.388 e. The number of nitrogens with one attached hydrogen (secondary N) is 1. The SMILES string of the molecule is C=C(CCOCCCCCCCCCCCN(C)C(=C)CCCC(=C)N(C)C(C)C(=C)C)NCCC(=C)N1Cc2ccccc2CCC2=C1C=CCC2. The van der Waals surface area contributed by atoms with Gasteiger partial charge >= 0.3 is 0 Å². The van der Waals surface area contributed by atoms with Gasteiger partial charge in [0.25, 0.3) is 0 Å². The molecule has 1 aromatic rings. The average Bonchev–Trinajstić information content (AvgIpc) is 3.14. The predicted octanol–water partition coefficient (Wildman–Crippen LogP) is 12.0. The van der Waals surface area contributed by atoms with Gasteiger partial charge in [-0.1, -0.05) is 114 Å². The fourth-order valence-electron chi connectivity index (χ4n) is 7.33. The highest BCUT2D eigenvalue weighted by Gasteiger charge is 2.22. The van der Waals surface area contributed by atoms with Crippen LogP contribution in [-0.4, -0.2) is 61.1 Å². The lowest BCUT2D eigenvalue weighted by molar-refractivity contribution is 0.132. The number of ether oxygens (including phenoxy) is 1. The van der Waals surface area contributed by atoms with E-state index in [2.05, 4.69) is 117 Å². The monoisotopic (exact) mass is 725 g/mol. The van der Waals surface area contributed by atoms with Gasteiger partial charge < -0.3 is 24.8 Å². The molecule has 0 saturated carbocycles. The summed E-state index contributed by atoms with van der Waals surface area (Å²) in [5, 5.41) is 3.54. The third kappa shape index (κ3) is 16.2. The number of hydrogen-bond donors (Lipinski definition) is 1. The number of fused-ring (bicyclic) bond motifs is 1. The maximum Gasteiger partial charge on any atom is 0.0520 e. The Morgan fingerprint density at radius 2 is 1.43 bits per heavy atom. The van der Waals surface area contributed by atoms with Gasteiger partial charge in [0, 0.05) is 87.7 Å². The molecule has 0 fully saturated rings. The van der Waals surface area contributed by atoms with Crippen molar-refractivity contribution >= 4 is 0 Å². The molecule has 0 saturated heterocycles. The van der Waals surface area contributed by atoms with Crippen LogP contribution in [0, 0.1) is 0 Å². The van der Waals surface area contributed by atoms with E-state index >= 15 is 0 Å². The number of unbranched alkanes of at least 4 members (excludes halogenated alkanes) is 8. The van der Waals surface area contributed by atoms with Crippen molar-refractivity contribution < 1.29 is 4.74 Å². The van der Waals surface area contributed by atoms with Crippen molar-refractivity contribution in [3.8, 4) is 0 Å². The van der Waals surface area contributed by atoms with Crippen molar-refractivity contribution in [2.75, 3.05) is 40.4 Å². The number of aryl methyl sites for hydroxylation is 1. The zero-order chi connectivity index (χ0) is 38.4. The van der Waals surface area contributed by atoms with Crippen LogP contribution in [0.25, 0.3) is 0 Å². The van der Waals surface area contributed by atoms with E-state index in [0.717, 1.165) is 103 Å². The number of rotatable bonds is 28. The minimum Gasteiger partial charge on any atom is -0.388 e. The zero-order valence-electron chi connectivity index (χ0n) is 34.6. The van der Waals surface area contributed by atoms with Crippen molar-refractivity contribution in [3.05, 3.63) is 120 Å². The third-order valence-corrected chi connectivity index (χ3v) is 11.4. The number of benzene rings is 1. The Balaban J connectivity index is 1.13. The summed E-state index contributed by atoms with van der Waals surface area (Å²) in [5.41, 5.74) is 11.7.